The molecule has 1 aliphatic carbocycles. The molecule has 1 amide bonds. The van der Waals surface area contributed by atoms with Crippen molar-refractivity contribution in [3.05, 3.63) is 133 Å². The molecule has 0 saturated carbocycles. The molecule has 8 nitrogen and oxygen atoms in total. The number of furan rings is 1. The number of benzene rings is 3. The number of aryl methyl sites for hydroxylation is 3. The molecule has 8 rings (SSSR count). The molecule has 0 bridgehead atoms. The number of para-hydroxylation sites is 1. The Morgan fingerprint density at radius 2 is 1.80 bits per heavy atom. The van der Waals surface area contributed by atoms with Crippen LogP contribution in [0.2, 0.25) is 5.02 Å². The molecule has 0 radical (unpaired) electrons. The summed E-state index contributed by atoms with van der Waals surface area (Å²) in [5.41, 5.74) is 7.31. The maximum Gasteiger partial charge on any atom is 0.282 e. The summed E-state index contributed by atoms with van der Waals surface area (Å²) in [5.74, 6) is 0.574. The molecule has 3 aromatic carbocycles. The van der Waals surface area contributed by atoms with Gasteiger partial charge in [0.1, 0.15) is 10.6 Å². The summed E-state index contributed by atoms with van der Waals surface area (Å²) in [6, 6.07) is 24.3. The lowest BCUT2D eigenvalue weighted by Gasteiger charge is -2.14. The minimum Gasteiger partial charge on any atom is -0.453 e. The highest BCUT2D eigenvalue weighted by molar-refractivity contribution is 7.15. The molecular formula is C39H32ClN5O3S. The molecule has 1 N–H and O–H groups in total. The molecule has 0 unspecified atom stereocenters. The van der Waals surface area contributed by atoms with Crippen LogP contribution in [0.5, 0.6) is 0 Å². The normalized spacial score (nSPS) is 13.1. The number of thiophene rings is 1. The number of nitrogens with one attached hydrogen (secondary N) is 1. The molecule has 244 valence electrons. The summed E-state index contributed by atoms with van der Waals surface area (Å²) in [7, 11) is 0. The predicted molar refractivity (Wildman–Crippen MR) is 198 cm³/mol. The van der Waals surface area contributed by atoms with Gasteiger partial charge in [0.05, 0.1) is 22.7 Å². The second-order valence-corrected chi connectivity index (χ2v) is 14.0. The first kappa shape index (κ1) is 31.0. The number of hydrogen-bond acceptors (Lipinski definition) is 6. The number of aromatic nitrogens is 3. The van der Waals surface area contributed by atoms with Crippen LogP contribution in [0.4, 0.5) is 5.69 Å². The first-order valence-corrected chi connectivity index (χ1v) is 17.4. The molecule has 1 aliphatic rings. The second-order valence-electron chi connectivity index (χ2n) is 12.5. The summed E-state index contributed by atoms with van der Waals surface area (Å²) in [5, 5.41) is 10.6. The molecule has 0 spiro atoms. The quantitative estimate of drug-likeness (QED) is 0.177. The summed E-state index contributed by atoms with van der Waals surface area (Å²) >= 11 is 7.93. The molecule has 0 aliphatic heterocycles. The van der Waals surface area contributed by atoms with E-state index in [9.17, 15) is 9.59 Å². The Bertz CT molecular complexity index is 2520. The molecule has 0 saturated heterocycles. The van der Waals surface area contributed by atoms with Crippen molar-refractivity contribution >= 4 is 62.6 Å². The lowest BCUT2D eigenvalue weighted by Crippen LogP contribution is -2.20. The molecule has 4 heterocycles. The first-order chi connectivity index (χ1) is 23.7. The number of hydrogen-bond donors (Lipinski definition) is 1. The molecule has 49 heavy (non-hydrogen) atoms. The Labute approximate surface area is 291 Å². The van der Waals surface area contributed by atoms with Gasteiger partial charge in [-0.15, -0.1) is 11.3 Å². The number of rotatable bonds is 6. The number of amides is 1. The van der Waals surface area contributed by atoms with Crippen molar-refractivity contribution in [3.63, 3.8) is 0 Å². The van der Waals surface area contributed by atoms with Crippen LogP contribution in [-0.2, 0) is 12.8 Å². The van der Waals surface area contributed by atoms with Crippen molar-refractivity contribution < 1.29 is 9.21 Å². The van der Waals surface area contributed by atoms with Crippen LogP contribution < -0.4 is 10.9 Å². The van der Waals surface area contributed by atoms with Gasteiger partial charge in [-0.1, -0.05) is 41.4 Å². The number of carbonyl (C=O) groups is 1. The van der Waals surface area contributed by atoms with E-state index in [1.165, 1.54) is 9.55 Å². The van der Waals surface area contributed by atoms with Gasteiger partial charge in [0.15, 0.2) is 5.76 Å². The standard InChI is InChI=1S/C39H32ClN5O3S/c1-22-12-15-28(16-13-22)42-37(46)35-30-9-5-7-11-34(30)49-39(35)44-23(2)18-26(24(44)3)21-41-45-36(43-31-10-6-4-8-29(31)38(45)47)33-20-25-19-27(40)14-17-32(25)48-33/h4,6,8,10,12-21H,5,7,9,11H2,1-3H3,(H,42,46). The number of nitrogens with zero attached hydrogens (tertiary/aromatic N) is 4. The lowest BCUT2D eigenvalue weighted by atomic mass is 9.95. The Hall–Kier alpha value is -5.25. The smallest absolute Gasteiger partial charge is 0.282 e. The van der Waals surface area contributed by atoms with E-state index in [0.717, 1.165) is 75.4 Å². The number of carbonyl (C=O) groups excluding carboxylic acids is 1. The van der Waals surface area contributed by atoms with E-state index < -0.39 is 0 Å². The average molecular weight is 686 g/mol. The second kappa shape index (κ2) is 12.3. The summed E-state index contributed by atoms with van der Waals surface area (Å²) in [6.45, 7) is 6.07. The fourth-order valence-electron chi connectivity index (χ4n) is 6.64. The van der Waals surface area contributed by atoms with E-state index in [2.05, 4.69) is 9.88 Å². The van der Waals surface area contributed by atoms with Crippen LogP contribution in [0, 0.1) is 20.8 Å². The van der Waals surface area contributed by atoms with Gasteiger partial charge in [-0.3, -0.25) is 9.59 Å². The predicted octanol–water partition coefficient (Wildman–Crippen LogP) is 9.25. The highest BCUT2D eigenvalue weighted by Gasteiger charge is 2.28. The van der Waals surface area contributed by atoms with Gasteiger partial charge in [0.25, 0.3) is 11.5 Å². The molecule has 4 aromatic heterocycles. The van der Waals surface area contributed by atoms with E-state index in [1.807, 2.05) is 75.4 Å². The van der Waals surface area contributed by atoms with Crippen molar-refractivity contribution in [2.45, 2.75) is 46.5 Å². The van der Waals surface area contributed by atoms with Crippen LogP contribution >= 0.6 is 22.9 Å². The largest absolute Gasteiger partial charge is 0.453 e. The Morgan fingerprint density at radius 3 is 2.63 bits per heavy atom. The topological polar surface area (TPSA) is 94.4 Å². The number of halogens is 1. The van der Waals surface area contributed by atoms with E-state index >= 15 is 0 Å². The summed E-state index contributed by atoms with van der Waals surface area (Å²) in [4.78, 5) is 33.9. The highest BCUT2D eigenvalue weighted by Crippen LogP contribution is 2.39. The van der Waals surface area contributed by atoms with E-state index in [-0.39, 0.29) is 17.3 Å². The monoisotopic (exact) mass is 685 g/mol. The minimum absolute atomic E-state index is 0.105. The SMILES string of the molecule is Cc1ccc(NC(=O)c2c(-n3c(C)cc(C=Nn4c(-c5cc6cc(Cl)ccc6o5)nc5ccccc5c4=O)c3C)sc3c2CCCC3)cc1. The zero-order valence-electron chi connectivity index (χ0n) is 27.2. The van der Waals surface area contributed by atoms with Gasteiger partial charge in [-0.05, 0) is 107 Å². The zero-order valence-corrected chi connectivity index (χ0v) is 28.8. The maximum absolute atomic E-state index is 14.0. The highest BCUT2D eigenvalue weighted by atomic mass is 35.5. The van der Waals surface area contributed by atoms with Crippen LogP contribution in [0.1, 0.15) is 56.2 Å². The van der Waals surface area contributed by atoms with Gasteiger partial charge >= 0.3 is 0 Å². The number of anilines is 1. The molecule has 10 heteroatoms. The Kier molecular flexibility index (Phi) is 7.81. The molecule has 0 fully saturated rings. The third kappa shape index (κ3) is 5.58. The van der Waals surface area contributed by atoms with Crippen LogP contribution in [0.25, 0.3) is 38.5 Å². The first-order valence-electron chi connectivity index (χ1n) is 16.2. The fraction of sp³-hybridized carbons (Fsp3) is 0.179. The summed E-state index contributed by atoms with van der Waals surface area (Å²) < 4.78 is 9.57. The average Bonchev–Trinajstić information content (AvgIpc) is 3.77. The van der Waals surface area contributed by atoms with Gasteiger partial charge in [-0.2, -0.15) is 9.78 Å². The Balaban J connectivity index is 1.23. The fourth-order valence-corrected chi connectivity index (χ4v) is 8.32. The van der Waals surface area contributed by atoms with Crippen LogP contribution in [0.15, 0.2) is 93.2 Å². The number of fused-ring (bicyclic) bond motifs is 3. The van der Waals surface area contributed by atoms with Gasteiger partial charge in [-0.25, -0.2) is 4.98 Å². The molecular weight excluding hydrogens is 654 g/mol. The molecule has 7 aromatic rings. The van der Waals surface area contributed by atoms with Crippen LogP contribution in [-0.4, -0.2) is 26.3 Å². The van der Waals surface area contributed by atoms with Crippen LogP contribution in [0.3, 0.4) is 0 Å². The van der Waals surface area contributed by atoms with Crippen molar-refractivity contribution in [2.75, 3.05) is 5.32 Å². The van der Waals surface area contributed by atoms with E-state index in [1.54, 1.807) is 41.8 Å². The summed E-state index contributed by atoms with van der Waals surface area (Å²) in [6.07, 6.45) is 5.70. The van der Waals surface area contributed by atoms with E-state index in [4.69, 9.17) is 26.1 Å². The minimum atomic E-state index is -0.315. The maximum atomic E-state index is 14.0. The third-order valence-electron chi connectivity index (χ3n) is 9.13. The van der Waals surface area contributed by atoms with Crippen molar-refractivity contribution in [2.24, 2.45) is 5.10 Å². The van der Waals surface area contributed by atoms with Gasteiger partial charge < -0.3 is 14.3 Å². The lowest BCUT2D eigenvalue weighted by molar-refractivity contribution is 0.102. The van der Waals surface area contributed by atoms with Gasteiger partial charge in [0, 0.05) is 37.9 Å². The van der Waals surface area contributed by atoms with Crippen molar-refractivity contribution in [3.8, 4) is 16.6 Å². The zero-order chi connectivity index (χ0) is 33.8. The van der Waals surface area contributed by atoms with Crippen molar-refractivity contribution in [1.82, 2.24) is 14.2 Å². The third-order valence-corrected chi connectivity index (χ3v) is 10.6. The van der Waals surface area contributed by atoms with Crippen molar-refractivity contribution in [1.29, 1.82) is 0 Å². The molecule has 0 atom stereocenters. The Morgan fingerprint density at radius 1 is 1.00 bits per heavy atom. The van der Waals surface area contributed by atoms with Gasteiger partial charge in [0.2, 0.25) is 5.82 Å². The van der Waals surface area contributed by atoms with E-state index in [0.29, 0.717) is 27.3 Å².